The number of amides is 8. The van der Waals surface area contributed by atoms with Gasteiger partial charge in [0.05, 0.1) is 97.9 Å². The van der Waals surface area contributed by atoms with Gasteiger partial charge in [0, 0.05) is 163 Å². The van der Waals surface area contributed by atoms with Crippen molar-refractivity contribution < 1.29 is 38.4 Å². The molecule has 32 heteroatoms. The second-order valence-corrected chi connectivity index (χ2v) is 30.0. The fourth-order valence-electron chi connectivity index (χ4n) is 12.1. The molecule has 8 amide bonds. The zero-order valence-electron chi connectivity index (χ0n) is 66.3. The molecule has 14 rings (SSSR count). The average molecular weight is 1820 g/mol. The first-order chi connectivity index (χ1) is 59.9. The number of anilines is 4. The minimum Gasteiger partial charge on any atom is -0.355 e. The van der Waals surface area contributed by atoms with Crippen molar-refractivity contribution in [2.24, 2.45) is 0 Å². The number of imidazole rings is 2. The molecule has 0 aliphatic rings. The van der Waals surface area contributed by atoms with Gasteiger partial charge in [-0.25, -0.2) is 9.97 Å². The number of aromatic amines is 1. The molecule has 0 spiro atoms. The Morgan fingerprint density at radius 1 is 0.371 bits per heavy atom. The summed E-state index contributed by atoms with van der Waals surface area (Å²) in [6, 6.07) is 61.0. The molecule has 0 aliphatic heterocycles. The third kappa shape index (κ3) is 25.3. The number of halogens is 8. The van der Waals surface area contributed by atoms with Crippen LogP contribution in [0.25, 0.3) is 45.0 Å². The number of hydrogen-bond donors (Lipinski definition) is 8. The Labute approximate surface area is 753 Å². The van der Waals surface area contributed by atoms with Crippen molar-refractivity contribution in [1.29, 1.82) is 0 Å². The van der Waals surface area contributed by atoms with Crippen molar-refractivity contribution in [3.8, 4) is 45.0 Å². The highest BCUT2D eigenvalue weighted by molar-refractivity contribution is 6.38. The molecule has 0 unspecified atom stereocenters. The van der Waals surface area contributed by atoms with E-state index in [4.69, 9.17) is 92.8 Å². The SMILES string of the molecule is CCN(CC)C(=O)c1ccc(C(=O)Nc2ccc(Cl)c(-c3ccccn3)c2)c(Cl)c1.CNC(=O)c1ccc(C(=O)Nc2ccc(Cl)c(-c3ccccn3)c2)c(Cl)c1.O=C(NCCCn1ccnc1)c1ccc(C(=O)Nc2ccc(Cl)c(-c3ccccn3)c2)c(Cl)c1.O=C(NCCc1cnc[nH]1)c1ccc(C(=O)Nc2ccc(Cl)c(-c3ccccn3)c2)c(Cl)c1. The van der Waals surface area contributed by atoms with Gasteiger partial charge in [0.1, 0.15) is 0 Å². The molecule has 628 valence electrons. The Morgan fingerprint density at radius 2 is 0.718 bits per heavy atom. The topological polar surface area (TPSA) is 322 Å². The van der Waals surface area contributed by atoms with Crippen molar-refractivity contribution in [2.45, 2.75) is 33.2 Å². The molecular weight excluding hydrogens is 1740 g/mol. The maximum absolute atomic E-state index is 12.8. The van der Waals surface area contributed by atoms with Gasteiger partial charge < -0.3 is 51.7 Å². The van der Waals surface area contributed by atoms with Crippen LogP contribution in [0.4, 0.5) is 22.7 Å². The predicted molar refractivity (Wildman–Crippen MR) is 491 cm³/mol. The van der Waals surface area contributed by atoms with E-state index in [-0.39, 0.29) is 71.9 Å². The highest BCUT2D eigenvalue weighted by Crippen LogP contribution is 2.35. The molecular formula is C92H76Cl8N16O8. The van der Waals surface area contributed by atoms with Gasteiger partial charge in [0.2, 0.25) is 0 Å². The maximum atomic E-state index is 12.8. The molecule has 24 nitrogen and oxygen atoms in total. The Hall–Kier alpha value is -13.1. The van der Waals surface area contributed by atoms with Crippen molar-refractivity contribution in [1.82, 2.24) is 60.3 Å². The lowest BCUT2D eigenvalue weighted by Gasteiger charge is -2.19. The van der Waals surface area contributed by atoms with Gasteiger partial charge in [0.15, 0.2) is 0 Å². The summed E-state index contributed by atoms with van der Waals surface area (Å²) in [4.78, 5) is 130. The van der Waals surface area contributed by atoms with Crippen molar-refractivity contribution in [3.05, 3.63) is 365 Å². The number of pyridine rings is 4. The van der Waals surface area contributed by atoms with Gasteiger partial charge in [-0.3, -0.25) is 58.3 Å². The fraction of sp³-hybridized carbons (Fsp3) is 0.109. The molecule has 0 aliphatic carbocycles. The molecule has 0 atom stereocenters. The van der Waals surface area contributed by atoms with Crippen LogP contribution in [0.2, 0.25) is 40.2 Å². The molecule has 8 aromatic carbocycles. The number of hydrogen-bond acceptors (Lipinski definition) is 14. The number of aromatic nitrogens is 8. The van der Waals surface area contributed by atoms with E-state index in [2.05, 4.69) is 72.1 Å². The minimum atomic E-state index is -0.402. The van der Waals surface area contributed by atoms with Crippen molar-refractivity contribution in [3.63, 3.8) is 0 Å². The summed E-state index contributed by atoms with van der Waals surface area (Å²) in [5.41, 5.74) is 11.4. The number of aryl methyl sites for hydroxylation is 1. The summed E-state index contributed by atoms with van der Waals surface area (Å²) >= 11 is 50.3. The molecule has 0 fully saturated rings. The van der Waals surface area contributed by atoms with Crippen molar-refractivity contribution in [2.75, 3.05) is 54.5 Å². The average Bonchev–Trinajstić information content (AvgIpc) is 0.852. The van der Waals surface area contributed by atoms with E-state index < -0.39 is 17.7 Å². The highest BCUT2D eigenvalue weighted by Gasteiger charge is 2.22. The fourth-order valence-corrected chi connectivity index (χ4v) is 14.0. The number of rotatable bonds is 25. The number of nitrogens with zero attached hydrogens (tertiary/aromatic N) is 8. The smallest absolute Gasteiger partial charge is 0.257 e. The third-order valence-electron chi connectivity index (χ3n) is 18.5. The first-order valence-electron chi connectivity index (χ1n) is 38.2. The number of carbonyl (C=O) groups excluding carboxylic acids is 8. The highest BCUT2D eigenvalue weighted by atomic mass is 35.5. The van der Waals surface area contributed by atoms with E-state index in [0.717, 1.165) is 18.7 Å². The standard InChI is InChI=1S/C25H21Cl2N5O2.C24H19Cl2N5O2.C23H21Cl2N3O2.C20H15Cl2N3O2/c26-21-8-6-18(15-20(21)23-4-1-2-9-29-23)31-25(34)19-7-5-17(14-22(19)27)24(33)30-10-3-12-32-13-11-28-16-32;25-20-7-5-16(12-19(20)22-3-1-2-9-28-22)31-24(33)18-6-4-15(11-21(18)26)23(32)29-10-8-17-13-27-14-30-17;1-3-28(4-2)23(30)15-8-10-17(20(25)13-15)22(29)27-16-9-11-19(24)18(14-16)21-7-5-6-12-26-21;1-23-19(26)12-5-7-14(17(22)10-12)20(27)25-13-6-8-16(21)15(11-13)18-4-2-3-9-24-18/h1-2,4-9,11,13-16H,3,10,12H2,(H,30,33)(H,31,34);1-7,9,11-14H,8,10H2,(H,27,30)(H,29,32)(H,31,33);5-14H,3-4H2,1-2H3,(H,27,29);2-11H,1H3,(H,23,26)(H,25,27). The van der Waals surface area contributed by atoms with E-state index in [9.17, 15) is 38.4 Å². The molecule has 14 aromatic rings. The van der Waals surface area contributed by atoms with Crippen LogP contribution in [0.3, 0.4) is 0 Å². The van der Waals surface area contributed by atoms with Crippen LogP contribution in [0.5, 0.6) is 0 Å². The van der Waals surface area contributed by atoms with Gasteiger partial charge in [-0.15, -0.1) is 0 Å². The number of H-pyrrole nitrogens is 1. The van der Waals surface area contributed by atoms with Crippen LogP contribution in [0.1, 0.15) is 109 Å². The Kier molecular flexibility index (Phi) is 33.3. The Bertz CT molecular complexity index is 6120. The van der Waals surface area contributed by atoms with Gasteiger partial charge >= 0.3 is 0 Å². The van der Waals surface area contributed by atoms with Crippen LogP contribution < -0.4 is 37.2 Å². The second kappa shape index (κ2) is 45.1. The summed E-state index contributed by atoms with van der Waals surface area (Å²) in [5.74, 6) is -2.49. The molecule has 0 saturated carbocycles. The van der Waals surface area contributed by atoms with Gasteiger partial charge in [-0.1, -0.05) is 117 Å². The lowest BCUT2D eigenvalue weighted by molar-refractivity contribution is 0.0771. The zero-order chi connectivity index (χ0) is 88.2. The first kappa shape index (κ1) is 91.6. The van der Waals surface area contributed by atoms with E-state index >= 15 is 0 Å². The van der Waals surface area contributed by atoms with Crippen LogP contribution >= 0.6 is 92.8 Å². The van der Waals surface area contributed by atoms with E-state index in [1.807, 2.05) is 97.4 Å². The van der Waals surface area contributed by atoms with Gasteiger partial charge in [-0.05, 0) is 214 Å². The normalized spacial score (nSPS) is 10.5. The Balaban J connectivity index is 0.000000161. The van der Waals surface area contributed by atoms with Crippen LogP contribution in [-0.4, -0.2) is 125 Å². The summed E-state index contributed by atoms with van der Waals surface area (Å²) in [5, 5.41) is 22.3. The molecule has 8 N–H and O–H groups in total. The van der Waals surface area contributed by atoms with Crippen molar-refractivity contribution >= 4 is 163 Å². The molecule has 6 aromatic heterocycles. The van der Waals surface area contributed by atoms with Crippen LogP contribution in [0.15, 0.2) is 274 Å². The molecule has 6 heterocycles. The second-order valence-electron chi connectivity index (χ2n) is 26.8. The lowest BCUT2D eigenvalue weighted by atomic mass is 10.1. The first-order valence-corrected chi connectivity index (χ1v) is 41.3. The number of nitrogens with one attached hydrogen (secondary N) is 8. The van der Waals surface area contributed by atoms with Gasteiger partial charge in [-0.2, -0.15) is 0 Å². The van der Waals surface area contributed by atoms with Gasteiger partial charge in [0.25, 0.3) is 47.3 Å². The molecule has 0 bridgehead atoms. The van der Waals surface area contributed by atoms with Crippen LogP contribution in [-0.2, 0) is 13.0 Å². The summed E-state index contributed by atoms with van der Waals surface area (Å²) in [7, 11) is 1.52. The maximum Gasteiger partial charge on any atom is 0.257 e. The van der Waals surface area contributed by atoms with E-state index in [0.29, 0.717) is 143 Å². The largest absolute Gasteiger partial charge is 0.355 e. The molecule has 124 heavy (non-hydrogen) atoms. The monoisotopic (exact) mass is 1810 g/mol. The quantitative estimate of drug-likeness (QED) is 0.0247. The number of benzene rings is 8. The third-order valence-corrected chi connectivity index (χ3v) is 21.1. The summed E-state index contributed by atoms with van der Waals surface area (Å²) in [6.45, 7) is 6.73. The summed E-state index contributed by atoms with van der Waals surface area (Å²) < 4.78 is 1.94. The van der Waals surface area contributed by atoms with Crippen LogP contribution in [0, 0.1) is 0 Å². The zero-order valence-corrected chi connectivity index (χ0v) is 72.3. The number of carbonyl (C=O) groups is 8. The van der Waals surface area contributed by atoms with E-state index in [1.165, 1.54) is 49.5 Å². The summed E-state index contributed by atoms with van der Waals surface area (Å²) in [6.07, 6.45) is 16.7. The lowest BCUT2D eigenvalue weighted by Crippen LogP contribution is -2.30. The predicted octanol–water partition coefficient (Wildman–Crippen LogP) is 20.8. The molecule has 0 saturated heterocycles. The Morgan fingerprint density at radius 3 is 1.02 bits per heavy atom. The minimum absolute atomic E-state index is 0.119. The molecule has 0 radical (unpaired) electrons. The van der Waals surface area contributed by atoms with E-state index in [1.54, 1.807) is 158 Å².